The van der Waals surface area contributed by atoms with Crippen LogP contribution in [0.5, 0.6) is 17.2 Å². The number of hydrazone groups is 1. The molecule has 9 nitrogen and oxygen atoms in total. The standard InChI is InChI=1S/C32H22Cl3N3O6/c1-17(39)43-26-12-11-18(13-27(26)42-2)32(41)44-25-10-6-3-7-19(25)16-36-38-31(40)30-28(21-8-4-5-9-22(21)34)29-23(35)14-20(33)15-24(29)37-30/h3-16,37H,1-2H3,(H,38,40). The van der Waals surface area contributed by atoms with E-state index in [1.54, 1.807) is 60.7 Å². The van der Waals surface area contributed by atoms with Crippen LogP contribution in [0.2, 0.25) is 15.1 Å². The molecule has 0 unspecified atom stereocenters. The fraction of sp³-hybridized carbons (Fsp3) is 0.0625. The number of benzene rings is 4. The first-order valence-corrected chi connectivity index (χ1v) is 14.1. The molecule has 4 aromatic carbocycles. The molecule has 0 atom stereocenters. The van der Waals surface area contributed by atoms with E-state index in [2.05, 4.69) is 15.5 Å². The van der Waals surface area contributed by atoms with Gasteiger partial charge in [0.25, 0.3) is 5.91 Å². The number of ether oxygens (including phenoxy) is 3. The molecule has 1 aromatic heterocycles. The first-order valence-electron chi connectivity index (χ1n) is 12.9. The van der Waals surface area contributed by atoms with Crippen molar-refractivity contribution < 1.29 is 28.6 Å². The van der Waals surface area contributed by atoms with Crippen molar-refractivity contribution in [1.29, 1.82) is 0 Å². The summed E-state index contributed by atoms with van der Waals surface area (Å²) in [6.45, 7) is 1.26. The SMILES string of the molecule is COc1cc(C(=O)Oc2ccccc2C=NNC(=O)c2[nH]c3cc(Cl)cc(Cl)c3c2-c2ccccc2Cl)ccc1OC(C)=O. The summed E-state index contributed by atoms with van der Waals surface area (Å²) in [6.07, 6.45) is 1.34. The highest BCUT2D eigenvalue weighted by Gasteiger charge is 2.23. The Labute approximate surface area is 266 Å². The first kappa shape index (κ1) is 30.6. The lowest BCUT2D eigenvalue weighted by Gasteiger charge is -2.11. The summed E-state index contributed by atoms with van der Waals surface area (Å²) in [4.78, 5) is 40.7. The molecule has 222 valence electrons. The lowest BCUT2D eigenvalue weighted by Crippen LogP contribution is -2.19. The maximum atomic E-state index is 13.4. The zero-order valence-corrected chi connectivity index (χ0v) is 25.4. The Morgan fingerprint density at radius 3 is 2.34 bits per heavy atom. The fourth-order valence-corrected chi connectivity index (χ4v) is 5.26. The van der Waals surface area contributed by atoms with Gasteiger partial charge < -0.3 is 19.2 Å². The molecule has 5 aromatic rings. The van der Waals surface area contributed by atoms with E-state index >= 15 is 0 Å². The van der Waals surface area contributed by atoms with Crippen LogP contribution in [0.1, 0.15) is 33.3 Å². The first-order chi connectivity index (χ1) is 21.2. The molecule has 12 heteroatoms. The summed E-state index contributed by atoms with van der Waals surface area (Å²) in [7, 11) is 1.38. The Hall–Kier alpha value is -4.83. The number of para-hydroxylation sites is 1. The Kier molecular flexibility index (Phi) is 9.20. The highest BCUT2D eigenvalue weighted by atomic mass is 35.5. The molecule has 0 spiro atoms. The number of amides is 1. The molecule has 0 bridgehead atoms. The average Bonchev–Trinajstić information content (AvgIpc) is 3.37. The monoisotopic (exact) mass is 649 g/mol. The number of nitrogens with zero attached hydrogens (tertiary/aromatic N) is 1. The van der Waals surface area contributed by atoms with Gasteiger partial charge in [0, 0.05) is 44.6 Å². The summed E-state index contributed by atoms with van der Waals surface area (Å²) in [5.41, 5.74) is 4.85. The number of halogens is 3. The number of hydrogen-bond acceptors (Lipinski definition) is 7. The van der Waals surface area contributed by atoms with E-state index in [0.717, 1.165) is 0 Å². The molecule has 0 saturated carbocycles. The van der Waals surface area contributed by atoms with Crippen molar-refractivity contribution in [3.8, 4) is 28.4 Å². The minimum Gasteiger partial charge on any atom is -0.493 e. The number of methoxy groups -OCH3 is 1. The van der Waals surface area contributed by atoms with Crippen LogP contribution in [0.4, 0.5) is 0 Å². The molecule has 0 aliphatic carbocycles. The minimum absolute atomic E-state index is 0.155. The van der Waals surface area contributed by atoms with Crippen molar-refractivity contribution in [3.05, 3.63) is 111 Å². The molecule has 0 radical (unpaired) electrons. The van der Waals surface area contributed by atoms with Crippen LogP contribution < -0.4 is 19.6 Å². The molecule has 1 amide bonds. The number of esters is 2. The third-order valence-electron chi connectivity index (χ3n) is 6.33. The second kappa shape index (κ2) is 13.2. The van der Waals surface area contributed by atoms with Gasteiger partial charge in [-0.3, -0.25) is 9.59 Å². The van der Waals surface area contributed by atoms with E-state index in [1.807, 2.05) is 0 Å². The zero-order chi connectivity index (χ0) is 31.4. The van der Waals surface area contributed by atoms with E-state index < -0.39 is 17.8 Å². The minimum atomic E-state index is -0.694. The predicted octanol–water partition coefficient (Wildman–Crippen LogP) is 7.71. The number of aromatic amines is 1. The van der Waals surface area contributed by atoms with Crippen LogP contribution in [0.25, 0.3) is 22.0 Å². The van der Waals surface area contributed by atoms with Crippen LogP contribution in [-0.4, -0.2) is 36.2 Å². The maximum absolute atomic E-state index is 13.4. The van der Waals surface area contributed by atoms with E-state index in [-0.39, 0.29) is 28.5 Å². The molecule has 0 aliphatic rings. The van der Waals surface area contributed by atoms with Crippen LogP contribution >= 0.6 is 34.8 Å². The maximum Gasteiger partial charge on any atom is 0.343 e. The Morgan fingerprint density at radius 1 is 0.841 bits per heavy atom. The highest BCUT2D eigenvalue weighted by Crippen LogP contribution is 2.41. The van der Waals surface area contributed by atoms with E-state index in [0.29, 0.717) is 42.7 Å². The number of H-pyrrole nitrogens is 1. The number of nitrogens with one attached hydrogen (secondary N) is 2. The molecule has 2 N–H and O–H groups in total. The average molecular weight is 651 g/mol. The van der Waals surface area contributed by atoms with Crippen molar-refractivity contribution in [2.45, 2.75) is 6.92 Å². The lowest BCUT2D eigenvalue weighted by atomic mass is 10.0. The topological polar surface area (TPSA) is 119 Å². The predicted molar refractivity (Wildman–Crippen MR) is 170 cm³/mol. The molecule has 1 heterocycles. The van der Waals surface area contributed by atoms with Crippen molar-refractivity contribution >= 4 is 69.8 Å². The van der Waals surface area contributed by atoms with Gasteiger partial charge in [-0.1, -0.05) is 65.1 Å². The van der Waals surface area contributed by atoms with Gasteiger partial charge >= 0.3 is 11.9 Å². The largest absolute Gasteiger partial charge is 0.493 e. The number of hydrogen-bond donors (Lipinski definition) is 2. The van der Waals surface area contributed by atoms with Crippen molar-refractivity contribution in [1.82, 2.24) is 10.4 Å². The summed E-state index contributed by atoms with van der Waals surface area (Å²) in [6, 6.07) is 21.2. The fourth-order valence-electron chi connectivity index (χ4n) is 4.44. The number of fused-ring (bicyclic) bond motifs is 1. The molecule has 0 saturated heterocycles. The summed E-state index contributed by atoms with van der Waals surface area (Å²) < 4.78 is 15.9. The number of carbonyl (C=O) groups excluding carboxylic acids is 3. The summed E-state index contributed by atoms with van der Waals surface area (Å²) in [5.74, 6) is -1.27. The smallest absolute Gasteiger partial charge is 0.343 e. The van der Waals surface area contributed by atoms with Crippen molar-refractivity contribution in [3.63, 3.8) is 0 Å². The van der Waals surface area contributed by atoms with Crippen LogP contribution in [-0.2, 0) is 4.79 Å². The second-order valence-electron chi connectivity index (χ2n) is 9.25. The van der Waals surface area contributed by atoms with E-state index in [4.69, 9.17) is 49.0 Å². The van der Waals surface area contributed by atoms with Gasteiger partial charge in [0.05, 0.1) is 23.9 Å². The van der Waals surface area contributed by atoms with Gasteiger partial charge in [-0.05, 0) is 48.5 Å². The Bertz CT molecular complexity index is 1950. The third-order valence-corrected chi connectivity index (χ3v) is 7.18. The summed E-state index contributed by atoms with van der Waals surface area (Å²) >= 11 is 19.2. The molecular formula is C32H22Cl3N3O6. The highest BCUT2D eigenvalue weighted by molar-refractivity contribution is 6.41. The molecule has 0 fully saturated rings. The van der Waals surface area contributed by atoms with E-state index in [1.165, 1.54) is 38.4 Å². The van der Waals surface area contributed by atoms with Gasteiger partial charge in [-0.2, -0.15) is 5.10 Å². The van der Waals surface area contributed by atoms with Gasteiger partial charge in [0.1, 0.15) is 11.4 Å². The Morgan fingerprint density at radius 2 is 1.59 bits per heavy atom. The van der Waals surface area contributed by atoms with Crippen molar-refractivity contribution in [2.24, 2.45) is 5.10 Å². The molecular weight excluding hydrogens is 629 g/mol. The van der Waals surface area contributed by atoms with Gasteiger partial charge in [0.15, 0.2) is 11.5 Å². The van der Waals surface area contributed by atoms with Gasteiger partial charge in [0.2, 0.25) is 0 Å². The van der Waals surface area contributed by atoms with Crippen LogP contribution in [0, 0.1) is 0 Å². The van der Waals surface area contributed by atoms with Crippen LogP contribution in [0.3, 0.4) is 0 Å². The zero-order valence-electron chi connectivity index (χ0n) is 23.1. The van der Waals surface area contributed by atoms with E-state index in [9.17, 15) is 14.4 Å². The number of rotatable bonds is 8. The molecule has 0 aliphatic heterocycles. The Balaban J connectivity index is 1.39. The number of aromatic nitrogens is 1. The lowest BCUT2D eigenvalue weighted by molar-refractivity contribution is -0.132. The normalized spacial score (nSPS) is 11.0. The van der Waals surface area contributed by atoms with Gasteiger partial charge in [-0.15, -0.1) is 0 Å². The summed E-state index contributed by atoms with van der Waals surface area (Å²) in [5, 5.41) is 5.83. The van der Waals surface area contributed by atoms with Gasteiger partial charge in [-0.25, -0.2) is 10.2 Å². The third kappa shape index (κ3) is 6.55. The molecule has 44 heavy (non-hydrogen) atoms. The molecule has 5 rings (SSSR count). The van der Waals surface area contributed by atoms with Crippen molar-refractivity contribution in [2.75, 3.05) is 7.11 Å². The van der Waals surface area contributed by atoms with Crippen LogP contribution in [0.15, 0.2) is 84.0 Å². The second-order valence-corrected chi connectivity index (χ2v) is 10.5. The quantitative estimate of drug-likeness (QED) is 0.0769. The number of carbonyl (C=O) groups is 3.